The van der Waals surface area contributed by atoms with Gasteiger partial charge in [-0.25, -0.2) is 5.01 Å². The Labute approximate surface area is 123 Å². The van der Waals surface area contributed by atoms with E-state index in [1.807, 2.05) is 35.3 Å². The second-order valence-corrected chi connectivity index (χ2v) is 4.91. The average Bonchev–Trinajstić information content (AvgIpc) is 2.48. The van der Waals surface area contributed by atoms with Gasteiger partial charge in [-0.05, 0) is 12.1 Å². The number of nitrogens with one attached hydrogen (secondary N) is 1. The fraction of sp³-hybridized carbons (Fsp3) is 0.167. The van der Waals surface area contributed by atoms with Crippen molar-refractivity contribution in [3.05, 3.63) is 54.2 Å². The Balaban J connectivity index is 0.000000315. The third-order valence-electron chi connectivity index (χ3n) is 2.30. The fourth-order valence-corrected chi connectivity index (χ4v) is 1.38. The van der Waals surface area contributed by atoms with Gasteiger partial charge in [0.1, 0.15) is 0 Å². The largest absolute Gasteiger partial charge is 0.481 e. The van der Waals surface area contributed by atoms with Crippen LogP contribution in [0.25, 0.3) is 0 Å². The molecule has 0 spiro atoms. The van der Waals surface area contributed by atoms with Crippen LogP contribution in [0.1, 0.15) is 0 Å². The van der Waals surface area contributed by atoms with Gasteiger partial charge >= 0.3 is 10.4 Å². The highest BCUT2D eigenvalue weighted by molar-refractivity contribution is 7.80. The minimum atomic E-state index is -4.16. The number of hydrazine groups is 1. The van der Waals surface area contributed by atoms with Crippen molar-refractivity contribution >= 4 is 16.1 Å². The lowest BCUT2D eigenvalue weighted by Crippen LogP contribution is -2.37. The van der Waals surface area contributed by atoms with Crippen molar-refractivity contribution in [2.75, 3.05) is 19.2 Å². The Bertz CT molecular complexity index is 613. The van der Waals surface area contributed by atoms with Crippen LogP contribution in [0, 0.1) is 0 Å². The molecule has 9 heteroatoms. The van der Waals surface area contributed by atoms with Crippen LogP contribution in [0.4, 0.5) is 5.69 Å². The summed E-state index contributed by atoms with van der Waals surface area (Å²) in [5.74, 6) is 0.668. The zero-order valence-electron chi connectivity index (χ0n) is 11.6. The molecule has 0 atom stereocenters. The SMILES string of the molecule is COC1=CC(N)=CNN1c1ccccc1.COS(=O)(=O)O. The van der Waals surface area contributed by atoms with Crippen molar-refractivity contribution < 1.29 is 21.9 Å². The van der Waals surface area contributed by atoms with Crippen molar-refractivity contribution in [3.63, 3.8) is 0 Å². The maximum absolute atomic E-state index is 9.33. The van der Waals surface area contributed by atoms with Crippen molar-refractivity contribution in [2.24, 2.45) is 5.73 Å². The standard InChI is InChI=1S/C11H13N3O.CH4O4S/c1-15-11-7-9(12)8-13-14(11)10-5-3-2-4-6-10;1-5-6(2,3)4/h2-8,13H,12H2,1H3;1H3,(H,2,3,4). The van der Waals surface area contributed by atoms with Gasteiger partial charge in [-0.2, -0.15) is 8.42 Å². The number of hydrogen-bond acceptors (Lipinski definition) is 7. The second-order valence-electron chi connectivity index (χ2n) is 3.73. The topological polar surface area (TPSA) is 114 Å². The molecule has 8 nitrogen and oxygen atoms in total. The number of allylic oxidation sites excluding steroid dienone is 1. The Morgan fingerprint density at radius 2 is 1.81 bits per heavy atom. The number of anilines is 1. The summed E-state index contributed by atoms with van der Waals surface area (Å²) in [6, 6.07) is 9.86. The first kappa shape index (κ1) is 16.8. The Kier molecular flexibility index (Phi) is 6.03. The summed E-state index contributed by atoms with van der Waals surface area (Å²) in [5, 5.41) is 1.82. The molecule has 0 unspecified atom stereocenters. The summed E-state index contributed by atoms with van der Waals surface area (Å²) >= 11 is 0. The number of para-hydroxylation sites is 1. The lowest BCUT2D eigenvalue weighted by Gasteiger charge is -2.28. The molecule has 0 saturated carbocycles. The van der Waals surface area contributed by atoms with Gasteiger partial charge in [-0.3, -0.25) is 14.2 Å². The summed E-state index contributed by atoms with van der Waals surface area (Å²) in [6.07, 6.45) is 3.49. The Hall–Kier alpha value is -2.23. The van der Waals surface area contributed by atoms with Gasteiger partial charge in [0.25, 0.3) is 0 Å². The maximum atomic E-state index is 9.33. The summed E-state index contributed by atoms with van der Waals surface area (Å²) in [6.45, 7) is 0. The van der Waals surface area contributed by atoms with E-state index in [9.17, 15) is 8.42 Å². The predicted octanol–water partition coefficient (Wildman–Crippen LogP) is 0.735. The fourth-order valence-electron chi connectivity index (χ4n) is 1.38. The molecule has 2 rings (SSSR count). The Morgan fingerprint density at radius 3 is 2.29 bits per heavy atom. The number of nitrogens with zero attached hydrogens (tertiary/aromatic N) is 1. The molecule has 0 aliphatic carbocycles. The molecular weight excluding hydrogens is 298 g/mol. The average molecular weight is 315 g/mol. The first-order valence-corrected chi connectivity index (χ1v) is 7.09. The van der Waals surface area contributed by atoms with E-state index in [4.69, 9.17) is 15.0 Å². The third-order valence-corrected chi connectivity index (χ3v) is 2.73. The minimum Gasteiger partial charge on any atom is -0.481 e. The summed E-state index contributed by atoms with van der Waals surface area (Å²) in [5.41, 5.74) is 10.3. The van der Waals surface area contributed by atoms with Gasteiger partial charge in [0.05, 0.1) is 25.6 Å². The number of rotatable bonds is 3. The molecule has 1 aliphatic heterocycles. The number of hydrogen-bond donors (Lipinski definition) is 3. The van der Waals surface area contributed by atoms with Crippen molar-refractivity contribution in [3.8, 4) is 0 Å². The van der Waals surface area contributed by atoms with E-state index in [1.54, 1.807) is 19.4 Å². The van der Waals surface area contributed by atoms with Crippen LogP contribution in [0.3, 0.4) is 0 Å². The minimum absolute atomic E-state index is 0.638. The first-order chi connectivity index (χ1) is 9.87. The van der Waals surface area contributed by atoms with E-state index in [-0.39, 0.29) is 0 Å². The maximum Gasteiger partial charge on any atom is 0.397 e. The smallest absolute Gasteiger partial charge is 0.397 e. The van der Waals surface area contributed by atoms with Crippen LogP contribution < -0.4 is 16.2 Å². The summed E-state index contributed by atoms with van der Waals surface area (Å²) < 4.78 is 34.9. The zero-order chi connectivity index (χ0) is 15.9. The monoisotopic (exact) mass is 315 g/mol. The van der Waals surface area contributed by atoms with Gasteiger partial charge in [0.15, 0.2) is 0 Å². The molecule has 1 aromatic rings. The van der Waals surface area contributed by atoms with Crippen LogP contribution in [0.15, 0.2) is 54.2 Å². The molecule has 21 heavy (non-hydrogen) atoms. The molecule has 1 heterocycles. The molecule has 0 fully saturated rings. The highest BCUT2D eigenvalue weighted by atomic mass is 32.3. The third kappa shape index (κ3) is 5.73. The van der Waals surface area contributed by atoms with Gasteiger partial charge in [0.2, 0.25) is 5.88 Å². The van der Waals surface area contributed by atoms with Crippen LogP contribution in [0.2, 0.25) is 0 Å². The quantitative estimate of drug-likeness (QED) is 0.700. The number of methoxy groups -OCH3 is 1. The lowest BCUT2D eigenvalue weighted by molar-refractivity contribution is 0.271. The predicted molar refractivity (Wildman–Crippen MR) is 78.0 cm³/mol. The van der Waals surface area contributed by atoms with E-state index >= 15 is 0 Å². The molecule has 1 aliphatic rings. The van der Waals surface area contributed by atoms with Crippen LogP contribution in [-0.4, -0.2) is 27.2 Å². The molecule has 4 N–H and O–H groups in total. The van der Waals surface area contributed by atoms with Crippen molar-refractivity contribution in [2.45, 2.75) is 0 Å². The van der Waals surface area contributed by atoms with Crippen molar-refractivity contribution in [1.29, 1.82) is 0 Å². The van der Waals surface area contributed by atoms with Crippen LogP contribution >= 0.6 is 0 Å². The summed E-state index contributed by atoms with van der Waals surface area (Å²) in [7, 11) is -1.68. The van der Waals surface area contributed by atoms with E-state index in [2.05, 4.69) is 9.61 Å². The van der Waals surface area contributed by atoms with E-state index in [0.29, 0.717) is 11.6 Å². The second kappa shape index (κ2) is 7.53. The normalized spacial score (nSPS) is 14.1. The highest BCUT2D eigenvalue weighted by Gasteiger charge is 2.14. The molecule has 0 amide bonds. The molecule has 0 saturated heterocycles. The molecule has 116 valence electrons. The Morgan fingerprint density at radius 1 is 1.24 bits per heavy atom. The van der Waals surface area contributed by atoms with E-state index < -0.39 is 10.4 Å². The lowest BCUT2D eigenvalue weighted by atomic mass is 10.3. The van der Waals surface area contributed by atoms with Gasteiger partial charge < -0.3 is 10.5 Å². The number of benzene rings is 1. The molecule has 0 bridgehead atoms. The molecule has 1 aromatic carbocycles. The van der Waals surface area contributed by atoms with Gasteiger partial charge in [0, 0.05) is 12.3 Å². The highest BCUT2D eigenvalue weighted by Crippen LogP contribution is 2.19. The van der Waals surface area contributed by atoms with Crippen molar-refractivity contribution in [1.82, 2.24) is 5.43 Å². The van der Waals surface area contributed by atoms with Gasteiger partial charge in [-0.1, -0.05) is 18.2 Å². The zero-order valence-corrected chi connectivity index (χ0v) is 12.4. The van der Waals surface area contributed by atoms with Crippen LogP contribution in [-0.2, 0) is 19.3 Å². The van der Waals surface area contributed by atoms with Gasteiger partial charge in [-0.15, -0.1) is 0 Å². The van der Waals surface area contributed by atoms with Crippen LogP contribution in [0.5, 0.6) is 0 Å². The molecule has 0 radical (unpaired) electrons. The summed E-state index contributed by atoms with van der Waals surface area (Å²) in [4.78, 5) is 0. The first-order valence-electron chi connectivity index (χ1n) is 5.73. The molecular formula is C12H17N3O5S. The van der Waals surface area contributed by atoms with E-state index in [1.165, 1.54) is 0 Å². The number of nitrogens with two attached hydrogens (primary N) is 1. The molecule has 0 aromatic heterocycles. The van der Waals surface area contributed by atoms with E-state index in [0.717, 1.165) is 12.8 Å². The number of ether oxygens (including phenoxy) is 1.